The zero-order valence-corrected chi connectivity index (χ0v) is 34.5. The van der Waals surface area contributed by atoms with E-state index in [9.17, 15) is 33.9 Å². The van der Waals surface area contributed by atoms with E-state index in [-0.39, 0.29) is 68.3 Å². The van der Waals surface area contributed by atoms with E-state index in [0.717, 1.165) is 22.3 Å². The van der Waals surface area contributed by atoms with Gasteiger partial charge < -0.3 is 36.4 Å². The summed E-state index contributed by atoms with van der Waals surface area (Å²) in [7, 11) is 0. The van der Waals surface area contributed by atoms with Crippen molar-refractivity contribution in [3.8, 4) is 23.5 Å². The standard InChI is InChI=1S/C44H61N5O8/c1-10-15-34(43(54)55)45-39(50)35(20-25(2)3)46-40(51)36(21-26(4)5)47-41(52)37(22-27(6)7)48-42(53)38(23-28(8)9)49-44(56)57-24-33-31-18-13-11-16-29(31)30-17-12-14-19-32(30)33/h1,11-14,16-19,25-28,33-38H,15,20-24H2,2-9H3,(H,45,50)(H,46,51)(H,47,52)(H,48,53)(H,49,56)(H,54,55)/t34-,35-,36-,37-,38-/m0/s1. The fraction of sp³-hybridized carbons (Fsp3) is 0.545. The minimum Gasteiger partial charge on any atom is -0.480 e. The molecule has 0 bridgehead atoms. The number of carboxylic acid groups (broad SMARTS) is 1. The van der Waals surface area contributed by atoms with Crippen molar-refractivity contribution < 1.29 is 38.6 Å². The summed E-state index contributed by atoms with van der Waals surface area (Å²) in [4.78, 5) is 79.7. The van der Waals surface area contributed by atoms with Crippen molar-refractivity contribution in [1.82, 2.24) is 26.6 Å². The summed E-state index contributed by atoms with van der Waals surface area (Å²) in [6, 6.07) is 10.4. The number of benzene rings is 2. The molecule has 1 aliphatic rings. The lowest BCUT2D eigenvalue weighted by Gasteiger charge is -2.28. The van der Waals surface area contributed by atoms with Gasteiger partial charge in [0.15, 0.2) is 0 Å². The zero-order chi connectivity index (χ0) is 42.4. The first-order valence-corrected chi connectivity index (χ1v) is 19.9. The van der Waals surface area contributed by atoms with Gasteiger partial charge in [-0.15, -0.1) is 12.3 Å². The number of carboxylic acids is 1. The summed E-state index contributed by atoms with van der Waals surface area (Å²) in [5.74, 6) is -1.90. The van der Waals surface area contributed by atoms with E-state index in [1.807, 2.05) is 104 Å². The molecule has 5 atom stereocenters. The molecule has 57 heavy (non-hydrogen) atoms. The lowest BCUT2D eigenvalue weighted by molar-refractivity contribution is -0.142. The molecule has 0 heterocycles. The minimum atomic E-state index is -1.33. The van der Waals surface area contributed by atoms with Crippen molar-refractivity contribution in [2.75, 3.05) is 6.61 Å². The Morgan fingerprint density at radius 2 is 0.912 bits per heavy atom. The maximum Gasteiger partial charge on any atom is 0.407 e. The molecule has 0 saturated heterocycles. The maximum absolute atomic E-state index is 13.9. The van der Waals surface area contributed by atoms with Crippen molar-refractivity contribution in [2.45, 2.75) is 124 Å². The molecule has 5 amide bonds. The van der Waals surface area contributed by atoms with Crippen LogP contribution in [-0.2, 0) is 28.7 Å². The van der Waals surface area contributed by atoms with Crippen LogP contribution in [0.15, 0.2) is 48.5 Å². The third kappa shape index (κ3) is 13.9. The molecule has 0 radical (unpaired) electrons. The number of carbonyl (C=O) groups excluding carboxylic acids is 5. The number of aliphatic carboxylic acids is 1. The monoisotopic (exact) mass is 787 g/mol. The molecule has 0 aliphatic heterocycles. The third-order valence-electron chi connectivity index (χ3n) is 9.62. The number of amides is 5. The quantitative estimate of drug-likeness (QED) is 0.0939. The van der Waals surface area contributed by atoms with Gasteiger partial charge in [0.25, 0.3) is 0 Å². The number of hydrogen-bond acceptors (Lipinski definition) is 7. The number of nitrogens with one attached hydrogen (secondary N) is 5. The predicted molar refractivity (Wildman–Crippen MR) is 219 cm³/mol. The second-order valence-electron chi connectivity index (χ2n) is 16.5. The van der Waals surface area contributed by atoms with Gasteiger partial charge in [-0.2, -0.15) is 0 Å². The summed E-state index contributed by atoms with van der Waals surface area (Å²) in [6.07, 6.45) is 5.21. The molecule has 0 unspecified atom stereocenters. The zero-order valence-electron chi connectivity index (χ0n) is 34.5. The van der Waals surface area contributed by atoms with Crippen molar-refractivity contribution in [1.29, 1.82) is 0 Å². The molecule has 1 aliphatic carbocycles. The van der Waals surface area contributed by atoms with Gasteiger partial charge in [0.2, 0.25) is 23.6 Å². The van der Waals surface area contributed by atoms with E-state index < -0.39 is 65.9 Å². The average molecular weight is 788 g/mol. The summed E-state index contributed by atoms with van der Waals surface area (Å²) < 4.78 is 5.73. The molecule has 0 fully saturated rings. The normalized spacial score (nSPS) is 14.7. The molecule has 0 saturated carbocycles. The molecule has 2 aromatic carbocycles. The third-order valence-corrected chi connectivity index (χ3v) is 9.62. The number of terminal acetylenes is 1. The van der Waals surface area contributed by atoms with E-state index >= 15 is 0 Å². The highest BCUT2D eigenvalue weighted by atomic mass is 16.5. The molecule has 310 valence electrons. The van der Waals surface area contributed by atoms with Crippen LogP contribution in [0.4, 0.5) is 4.79 Å². The van der Waals surface area contributed by atoms with E-state index in [2.05, 4.69) is 32.5 Å². The highest BCUT2D eigenvalue weighted by Crippen LogP contribution is 2.44. The van der Waals surface area contributed by atoms with Gasteiger partial charge in [-0.1, -0.05) is 104 Å². The number of rotatable bonds is 21. The van der Waals surface area contributed by atoms with Gasteiger partial charge in [0, 0.05) is 12.3 Å². The Labute approximate surface area is 337 Å². The van der Waals surface area contributed by atoms with Crippen LogP contribution in [0.5, 0.6) is 0 Å². The second-order valence-corrected chi connectivity index (χ2v) is 16.5. The Bertz CT molecular complexity index is 1720. The lowest BCUT2D eigenvalue weighted by Crippen LogP contribution is -2.59. The van der Waals surface area contributed by atoms with Crippen LogP contribution >= 0.6 is 0 Å². The second kappa shape index (κ2) is 21.8. The first-order valence-electron chi connectivity index (χ1n) is 19.9. The Morgan fingerprint density at radius 1 is 0.579 bits per heavy atom. The van der Waals surface area contributed by atoms with Crippen LogP contribution in [0.1, 0.15) is 105 Å². The minimum absolute atomic E-state index is 0.000499. The Balaban J connectivity index is 1.74. The average Bonchev–Trinajstić information content (AvgIpc) is 3.45. The van der Waals surface area contributed by atoms with Gasteiger partial charge in [-0.05, 0) is 71.6 Å². The van der Waals surface area contributed by atoms with E-state index in [1.54, 1.807) is 0 Å². The smallest absolute Gasteiger partial charge is 0.407 e. The Morgan fingerprint density at radius 3 is 1.25 bits per heavy atom. The van der Waals surface area contributed by atoms with E-state index in [1.165, 1.54) is 0 Å². The van der Waals surface area contributed by atoms with Crippen molar-refractivity contribution in [3.63, 3.8) is 0 Å². The van der Waals surface area contributed by atoms with Gasteiger partial charge in [0.05, 0.1) is 0 Å². The summed E-state index contributed by atoms with van der Waals surface area (Å²) >= 11 is 0. The largest absolute Gasteiger partial charge is 0.480 e. The predicted octanol–water partition coefficient (Wildman–Crippen LogP) is 5.13. The molecule has 13 nitrogen and oxygen atoms in total. The van der Waals surface area contributed by atoms with Crippen LogP contribution in [-0.4, -0.2) is 77.6 Å². The van der Waals surface area contributed by atoms with Gasteiger partial charge in [0.1, 0.15) is 36.8 Å². The molecule has 0 aromatic heterocycles. The van der Waals surface area contributed by atoms with Crippen molar-refractivity contribution in [3.05, 3.63) is 59.7 Å². The number of carbonyl (C=O) groups is 6. The van der Waals surface area contributed by atoms with E-state index in [0.29, 0.717) is 0 Å². The molecule has 13 heteroatoms. The van der Waals surface area contributed by atoms with Gasteiger partial charge >= 0.3 is 12.1 Å². The SMILES string of the molecule is C#CC[C@H](NC(=O)[C@H](CC(C)C)NC(=O)[C@H](CC(C)C)NC(=O)[C@H](CC(C)C)NC(=O)[C@H](CC(C)C)NC(=O)OCC1c2ccccc2-c2ccccc21)C(=O)O. The fourth-order valence-corrected chi connectivity index (χ4v) is 7.00. The van der Waals surface area contributed by atoms with Crippen molar-refractivity contribution in [2.24, 2.45) is 23.7 Å². The maximum atomic E-state index is 13.9. The van der Waals surface area contributed by atoms with Crippen LogP contribution in [0.3, 0.4) is 0 Å². The van der Waals surface area contributed by atoms with E-state index in [4.69, 9.17) is 11.2 Å². The van der Waals surface area contributed by atoms with Gasteiger partial charge in [-0.25, -0.2) is 9.59 Å². The van der Waals surface area contributed by atoms with Crippen LogP contribution < -0.4 is 26.6 Å². The lowest BCUT2D eigenvalue weighted by atomic mass is 9.98. The molecular formula is C44H61N5O8. The Hall–Kier alpha value is -5.38. The number of hydrogen-bond donors (Lipinski definition) is 6. The van der Waals surface area contributed by atoms with Crippen molar-refractivity contribution >= 4 is 35.7 Å². The summed E-state index contributed by atoms with van der Waals surface area (Å²) in [6.45, 7) is 15.1. The number of alkyl carbamates (subject to hydrolysis) is 1. The fourth-order valence-electron chi connectivity index (χ4n) is 7.00. The highest BCUT2D eigenvalue weighted by Gasteiger charge is 2.34. The van der Waals surface area contributed by atoms with Gasteiger partial charge in [-0.3, -0.25) is 19.2 Å². The van der Waals surface area contributed by atoms with Crippen LogP contribution in [0.2, 0.25) is 0 Å². The molecule has 0 spiro atoms. The molecule has 6 N–H and O–H groups in total. The Kier molecular flexibility index (Phi) is 17.6. The van der Waals surface area contributed by atoms with Crippen LogP contribution in [0, 0.1) is 36.0 Å². The summed E-state index contributed by atoms with van der Waals surface area (Å²) in [5.41, 5.74) is 4.29. The number of fused-ring (bicyclic) bond motifs is 3. The first kappa shape index (κ1) is 46.0. The van der Waals surface area contributed by atoms with Crippen LogP contribution in [0.25, 0.3) is 11.1 Å². The summed E-state index contributed by atoms with van der Waals surface area (Å²) in [5, 5.41) is 23.0. The highest BCUT2D eigenvalue weighted by molar-refractivity contribution is 5.96. The molecule has 3 rings (SSSR count). The molecule has 2 aromatic rings. The first-order chi connectivity index (χ1) is 26.9. The molecular weight excluding hydrogens is 727 g/mol. The number of ether oxygens (including phenoxy) is 1. The topological polar surface area (TPSA) is 192 Å².